The molecule has 1 aliphatic heterocycles. The first-order valence-corrected chi connectivity index (χ1v) is 9.79. The summed E-state index contributed by atoms with van der Waals surface area (Å²) >= 11 is 0. The number of hydrogen-bond donors (Lipinski definition) is 1. The zero-order valence-corrected chi connectivity index (χ0v) is 16.6. The zero-order chi connectivity index (χ0) is 19.8. The molecule has 4 rings (SSSR count). The fourth-order valence-electron chi connectivity index (χ4n) is 4.01. The molecule has 0 saturated heterocycles. The van der Waals surface area contributed by atoms with Crippen LogP contribution in [0.4, 0.5) is 17.1 Å². The van der Waals surface area contributed by atoms with E-state index >= 15 is 0 Å². The molecule has 2 aromatic carbocycles. The van der Waals surface area contributed by atoms with Gasteiger partial charge in [0.25, 0.3) is 0 Å². The summed E-state index contributed by atoms with van der Waals surface area (Å²) in [4.78, 5) is 32.5. The van der Waals surface area contributed by atoms with Crippen molar-refractivity contribution >= 4 is 34.6 Å². The highest BCUT2D eigenvalue weighted by Gasteiger charge is 2.37. The van der Waals surface area contributed by atoms with Crippen molar-refractivity contribution in [2.24, 2.45) is 10.9 Å². The molecule has 1 saturated carbocycles. The van der Waals surface area contributed by atoms with Gasteiger partial charge in [0.05, 0.1) is 17.3 Å². The van der Waals surface area contributed by atoms with Crippen molar-refractivity contribution in [1.29, 1.82) is 0 Å². The molecule has 1 aliphatic carbocycles. The lowest BCUT2D eigenvalue weighted by atomic mass is 10.0. The SMILES string of the molecule is Cc1cccc(NC(=O)CN2C(=O)[C@@H]3CCCC3=Nc3cc(C)c(C)cc32)c1. The molecule has 5 nitrogen and oxygen atoms in total. The molecular weight excluding hydrogens is 350 g/mol. The van der Waals surface area contributed by atoms with Crippen LogP contribution < -0.4 is 10.2 Å². The van der Waals surface area contributed by atoms with Gasteiger partial charge in [-0.25, -0.2) is 0 Å². The van der Waals surface area contributed by atoms with Gasteiger partial charge in [-0.05, 0) is 81.0 Å². The summed E-state index contributed by atoms with van der Waals surface area (Å²) in [6, 6.07) is 11.7. The number of rotatable bonds is 3. The van der Waals surface area contributed by atoms with Crippen molar-refractivity contribution in [3.05, 3.63) is 53.1 Å². The molecule has 1 fully saturated rings. The smallest absolute Gasteiger partial charge is 0.244 e. The summed E-state index contributed by atoms with van der Waals surface area (Å²) in [6.07, 6.45) is 2.63. The van der Waals surface area contributed by atoms with Gasteiger partial charge in [-0.15, -0.1) is 0 Å². The molecule has 1 N–H and O–H groups in total. The minimum absolute atomic E-state index is 0.0123. The highest BCUT2D eigenvalue weighted by Crippen LogP contribution is 2.39. The molecule has 2 amide bonds. The summed E-state index contributed by atoms with van der Waals surface area (Å²) < 4.78 is 0. The standard InChI is InChI=1S/C23H25N3O2/c1-14-6-4-7-17(10-14)24-22(27)13-26-21-12-16(3)15(2)11-20(21)25-19-9-5-8-18(19)23(26)28/h4,6-7,10-12,18H,5,8-9,13H2,1-3H3,(H,24,27)/t18-/m1/s1. The quantitative estimate of drug-likeness (QED) is 0.860. The van der Waals surface area contributed by atoms with Crippen LogP contribution in [-0.2, 0) is 9.59 Å². The molecule has 2 aliphatic rings. The number of aryl methyl sites for hydroxylation is 3. The number of benzene rings is 2. The van der Waals surface area contributed by atoms with Crippen LogP contribution in [-0.4, -0.2) is 24.1 Å². The molecule has 5 heteroatoms. The highest BCUT2D eigenvalue weighted by atomic mass is 16.2. The van der Waals surface area contributed by atoms with E-state index in [1.165, 1.54) is 0 Å². The van der Waals surface area contributed by atoms with Gasteiger partial charge < -0.3 is 10.2 Å². The summed E-state index contributed by atoms with van der Waals surface area (Å²) in [5.41, 5.74) is 6.51. The van der Waals surface area contributed by atoms with Gasteiger partial charge in [-0.3, -0.25) is 14.6 Å². The molecule has 0 radical (unpaired) electrons. The van der Waals surface area contributed by atoms with Crippen molar-refractivity contribution in [2.45, 2.75) is 40.0 Å². The van der Waals surface area contributed by atoms with Gasteiger partial charge in [0.15, 0.2) is 0 Å². The minimum Gasteiger partial charge on any atom is -0.325 e. The lowest BCUT2D eigenvalue weighted by Gasteiger charge is -2.25. The molecule has 1 atom stereocenters. The van der Waals surface area contributed by atoms with E-state index in [-0.39, 0.29) is 24.3 Å². The molecule has 28 heavy (non-hydrogen) atoms. The Balaban J connectivity index is 1.67. The number of anilines is 2. The lowest BCUT2D eigenvalue weighted by Crippen LogP contribution is -2.42. The van der Waals surface area contributed by atoms with Gasteiger partial charge in [0.2, 0.25) is 11.8 Å². The number of amides is 2. The number of nitrogens with zero attached hydrogens (tertiary/aromatic N) is 2. The van der Waals surface area contributed by atoms with E-state index in [1.54, 1.807) is 4.90 Å². The van der Waals surface area contributed by atoms with Crippen LogP contribution in [0.5, 0.6) is 0 Å². The maximum atomic E-state index is 13.3. The Morgan fingerprint density at radius 1 is 1.18 bits per heavy atom. The monoisotopic (exact) mass is 375 g/mol. The summed E-state index contributed by atoms with van der Waals surface area (Å²) in [6.45, 7) is 6.03. The lowest BCUT2D eigenvalue weighted by molar-refractivity contribution is -0.122. The first-order chi connectivity index (χ1) is 13.4. The van der Waals surface area contributed by atoms with Crippen LogP contribution in [0.15, 0.2) is 41.4 Å². The van der Waals surface area contributed by atoms with Crippen molar-refractivity contribution in [3.63, 3.8) is 0 Å². The third-order valence-electron chi connectivity index (χ3n) is 5.64. The third kappa shape index (κ3) is 3.44. The summed E-state index contributed by atoms with van der Waals surface area (Å²) in [5, 5.41) is 2.92. The van der Waals surface area contributed by atoms with Gasteiger partial charge >= 0.3 is 0 Å². The van der Waals surface area contributed by atoms with E-state index in [2.05, 4.69) is 5.32 Å². The first kappa shape index (κ1) is 18.4. The Kier molecular flexibility index (Phi) is 4.75. The molecule has 0 unspecified atom stereocenters. The van der Waals surface area contributed by atoms with E-state index in [0.29, 0.717) is 0 Å². The van der Waals surface area contributed by atoms with Crippen LogP contribution in [0.3, 0.4) is 0 Å². The average molecular weight is 375 g/mol. The maximum Gasteiger partial charge on any atom is 0.244 e. The number of fused-ring (bicyclic) bond motifs is 2. The minimum atomic E-state index is -0.209. The number of carbonyl (C=O) groups excluding carboxylic acids is 2. The molecule has 0 spiro atoms. The molecule has 1 heterocycles. The maximum absolute atomic E-state index is 13.3. The second-order valence-corrected chi connectivity index (χ2v) is 7.82. The number of hydrogen-bond acceptors (Lipinski definition) is 3. The molecule has 2 aromatic rings. The van der Waals surface area contributed by atoms with Gasteiger partial charge in [0, 0.05) is 11.4 Å². The van der Waals surface area contributed by atoms with Gasteiger partial charge in [-0.1, -0.05) is 12.1 Å². The number of nitrogens with one attached hydrogen (secondary N) is 1. The van der Waals surface area contributed by atoms with E-state index in [9.17, 15) is 9.59 Å². The van der Waals surface area contributed by atoms with Crippen LogP contribution in [0.25, 0.3) is 0 Å². The normalized spacial score (nSPS) is 18.2. The fraction of sp³-hybridized carbons (Fsp3) is 0.348. The fourth-order valence-corrected chi connectivity index (χ4v) is 4.01. The third-order valence-corrected chi connectivity index (χ3v) is 5.64. The Labute approximate surface area is 165 Å². The average Bonchev–Trinajstić information content (AvgIpc) is 3.07. The van der Waals surface area contributed by atoms with Gasteiger partial charge in [0.1, 0.15) is 6.54 Å². The largest absolute Gasteiger partial charge is 0.325 e. The Morgan fingerprint density at radius 2 is 1.96 bits per heavy atom. The summed E-state index contributed by atoms with van der Waals surface area (Å²) in [5.74, 6) is -0.429. The molecule has 0 bridgehead atoms. The van der Waals surface area contributed by atoms with Crippen LogP contribution in [0.2, 0.25) is 0 Å². The van der Waals surface area contributed by atoms with Crippen molar-refractivity contribution in [3.8, 4) is 0 Å². The highest BCUT2D eigenvalue weighted by molar-refractivity contribution is 6.16. The predicted octanol–water partition coefficient (Wildman–Crippen LogP) is 4.47. The second kappa shape index (κ2) is 7.23. The van der Waals surface area contributed by atoms with Crippen LogP contribution in [0.1, 0.15) is 36.0 Å². The Bertz CT molecular complexity index is 993. The van der Waals surface area contributed by atoms with E-state index in [0.717, 1.165) is 58.7 Å². The number of aliphatic imine (C=N–C) groups is 1. The zero-order valence-electron chi connectivity index (χ0n) is 16.6. The van der Waals surface area contributed by atoms with E-state index < -0.39 is 0 Å². The van der Waals surface area contributed by atoms with Crippen LogP contribution in [0, 0.1) is 26.7 Å². The molecular formula is C23H25N3O2. The van der Waals surface area contributed by atoms with Crippen molar-refractivity contribution in [1.82, 2.24) is 0 Å². The topological polar surface area (TPSA) is 61.8 Å². The summed E-state index contributed by atoms with van der Waals surface area (Å²) in [7, 11) is 0. The number of carbonyl (C=O) groups is 2. The first-order valence-electron chi connectivity index (χ1n) is 9.79. The molecule has 0 aromatic heterocycles. The predicted molar refractivity (Wildman–Crippen MR) is 113 cm³/mol. The second-order valence-electron chi connectivity index (χ2n) is 7.82. The van der Waals surface area contributed by atoms with E-state index in [1.807, 2.05) is 57.2 Å². The Morgan fingerprint density at radius 3 is 2.75 bits per heavy atom. The van der Waals surface area contributed by atoms with Crippen LogP contribution >= 0.6 is 0 Å². The van der Waals surface area contributed by atoms with Crippen molar-refractivity contribution in [2.75, 3.05) is 16.8 Å². The molecule has 144 valence electrons. The Hall–Kier alpha value is -2.95. The van der Waals surface area contributed by atoms with E-state index in [4.69, 9.17) is 4.99 Å². The van der Waals surface area contributed by atoms with Crippen molar-refractivity contribution < 1.29 is 9.59 Å². The van der Waals surface area contributed by atoms with Gasteiger partial charge in [-0.2, -0.15) is 0 Å².